The molecular formula is C16H19N3OS. The van der Waals surface area contributed by atoms with Gasteiger partial charge in [-0.15, -0.1) is 11.3 Å². The number of piperidine rings is 1. The van der Waals surface area contributed by atoms with Gasteiger partial charge in [-0.3, -0.25) is 4.79 Å². The van der Waals surface area contributed by atoms with Crippen molar-refractivity contribution in [1.29, 1.82) is 0 Å². The van der Waals surface area contributed by atoms with Crippen molar-refractivity contribution in [2.75, 3.05) is 18.8 Å². The fourth-order valence-corrected chi connectivity index (χ4v) is 3.46. The van der Waals surface area contributed by atoms with Crippen molar-refractivity contribution in [1.82, 2.24) is 9.88 Å². The van der Waals surface area contributed by atoms with Crippen LogP contribution >= 0.6 is 11.3 Å². The number of carbonyl (C=O) groups excluding carboxylic acids is 1. The highest BCUT2D eigenvalue weighted by molar-refractivity contribution is 7.13. The summed E-state index contributed by atoms with van der Waals surface area (Å²) in [4.78, 5) is 18.8. The highest BCUT2D eigenvalue weighted by atomic mass is 32.1. The van der Waals surface area contributed by atoms with Crippen molar-refractivity contribution in [3.05, 3.63) is 47.0 Å². The molecule has 0 aliphatic carbocycles. The summed E-state index contributed by atoms with van der Waals surface area (Å²) in [6.45, 7) is 1.61. The molecule has 0 bridgehead atoms. The largest absolute Gasteiger partial charge is 0.375 e. The van der Waals surface area contributed by atoms with Gasteiger partial charge in [0.2, 0.25) is 5.91 Å². The zero-order chi connectivity index (χ0) is 14.7. The first kappa shape index (κ1) is 14.1. The first-order valence-corrected chi connectivity index (χ1v) is 8.13. The number of likely N-dealkylation sites (tertiary alicyclic amines) is 1. The second kappa shape index (κ2) is 6.26. The topological polar surface area (TPSA) is 59.2 Å². The number of nitrogen functional groups attached to an aromatic ring is 1. The van der Waals surface area contributed by atoms with Gasteiger partial charge in [-0.25, -0.2) is 4.98 Å². The molecule has 4 nitrogen and oxygen atoms in total. The van der Waals surface area contributed by atoms with Crippen LogP contribution < -0.4 is 5.73 Å². The Morgan fingerprint density at radius 2 is 2.19 bits per heavy atom. The van der Waals surface area contributed by atoms with E-state index in [0.717, 1.165) is 37.2 Å². The number of nitrogens with two attached hydrogens (primary N) is 1. The fraction of sp³-hybridized carbons (Fsp3) is 0.375. The number of hydrogen-bond donors (Lipinski definition) is 1. The van der Waals surface area contributed by atoms with Gasteiger partial charge in [0.25, 0.3) is 0 Å². The highest BCUT2D eigenvalue weighted by Crippen LogP contribution is 2.28. The lowest BCUT2D eigenvalue weighted by atomic mass is 9.95. The predicted molar refractivity (Wildman–Crippen MR) is 85.2 cm³/mol. The van der Waals surface area contributed by atoms with Gasteiger partial charge < -0.3 is 10.6 Å². The first-order valence-electron chi connectivity index (χ1n) is 7.25. The van der Waals surface area contributed by atoms with E-state index in [1.165, 1.54) is 11.3 Å². The average Bonchev–Trinajstić information content (AvgIpc) is 2.95. The number of carbonyl (C=O) groups is 1. The van der Waals surface area contributed by atoms with Crippen LogP contribution in [0.4, 0.5) is 5.13 Å². The van der Waals surface area contributed by atoms with Gasteiger partial charge in [0, 0.05) is 24.4 Å². The Hall–Kier alpha value is -1.88. The van der Waals surface area contributed by atoms with E-state index in [-0.39, 0.29) is 5.91 Å². The molecule has 0 radical (unpaired) electrons. The van der Waals surface area contributed by atoms with E-state index in [4.69, 9.17) is 5.73 Å². The molecule has 3 rings (SSSR count). The molecule has 1 atom stereocenters. The van der Waals surface area contributed by atoms with Gasteiger partial charge >= 0.3 is 0 Å². The number of aromatic nitrogens is 1. The van der Waals surface area contributed by atoms with Crippen LogP contribution in [0.2, 0.25) is 0 Å². The van der Waals surface area contributed by atoms with E-state index >= 15 is 0 Å². The monoisotopic (exact) mass is 301 g/mol. The van der Waals surface area contributed by atoms with E-state index in [1.54, 1.807) is 0 Å². The molecule has 1 aliphatic heterocycles. The number of hydrogen-bond acceptors (Lipinski definition) is 4. The van der Waals surface area contributed by atoms with Crippen molar-refractivity contribution in [3.8, 4) is 0 Å². The molecule has 1 fully saturated rings. The minimum atomic E-state index is 0.203. The van der Waals surface area contributed by atoms with Crippen molar-refractivity contribution >= 4 is 22.4 Å². The Balaban J connectivity index is 1.64. The first-order chi connectivity index (χ1) is 10.2. The zero-order valence-electron chi connectivity index (χ0n) is 11.9. The van der Waals surface area contributed by atoms with E-state index in [0.29, 0.717) is 17.5 Å². The normalized spacial score (nSPS) is 18.7. The summed E-state index contributed by atoms with van der Waals surface area (Å²) in [6.07, 6.45) is 2.59. The van der Waals surface area contributed by atoms with Crippen LogP contribution in [0.25, 0.3) is 0 Å². The number of rotatable bonds is 3. The van der Waals surface area contributed by atoms with E-state index in [9.17, 15) is 4.79 Å². The van der Waals surface area contributed by atoms with Crippen molar-refractivity contribution in [2.24, 2.45) is 0 Å². The molecule has 0 unspecified atom stereocenters. The smallest absolute Gasteiger partial charge is 0.227 e. The molecule has 1 saturated heterocycles. The standard InChI is InChI=1S/C16H19N3OS/c17-16-18-14(11-21-16)13-7-4-8-19(10-13)15(20)9-12-5-2-1-3-6-12/h1-3,5-6,11,13H,4,7-10H2,(H2,17,18)/t13-/m1/s1. The van der Waals surface area contributed by atoms with Crippen LogP contribution in [0.3, 0.4) is 0 Å². The van der Waals surface area contributed by atoms with Crippen LogP contribution in [-0.4, -0.2) is 28.9 Å². The quantitative estimate of drug-likeness (QED) is 0.948. The number of amides is 1. The average molecular weight is 301 g/mol. The summed E-state index contributed by atoms with van der Waals surface area (Å²) in [5.74, 6) is 0.529. The van der Waals surface area contributed by atoms with E-state index < -0.39 is 0 Å². The molecule has 2 N–H and O–H groups in total. The number of nitrogens with zero attached hydrogens (tertiary/aromatic N) is 2. The third-order valence-corrected chi connectivity index (χ3v) is 4.62. The minimum absolute atomic E-state index is 0.203. The maximum atomic E-state index is 12.4. The summed E-state index contributed by atoms with van der Waals surface area (Å²) in [5.41, 5.74) is 7.82. The maximum absolute atomic E-state index is 12.4. The Labute approximate surface area is 128 Å². The van der Waals surface area contributed by atoms with Gasteiger partial charge in [-0.1, -0.05) is 30.3 Å². The van der Waals surface area contributed by atoms with Crippen LogP contribution in [0.5, 0.6) is 0 Å². The Morgan fingerprint density at radius 3 is 2.90 bits per heavy atom. The molecule has 2 heterocycles. The highest BCUT2D eigenvalue weighted by Gasteiger charge is 2.26. The van der Waals surface area contributed by atoms with Gasteiger partial charge in [0.05, 0.1) is 12.1 Å². The van der Waals surface area contributed by atoms with Crippen molar-refractivity contribution in [2.45, 2.75) is 25.2 Å². The molecular weight excluding hydrogens is 282 g/mol. The van der Waals surface area contributed by atoms with Gasteiger partial charge in [-0.2, -0.15) is 0 Å². The molecule has 2 aromatic rings. The maximum Gasteiger partial charge on any atom is 0.227 e. The third kappa shape index (κ3) is 3.42. The van der Waals surface area contributed by atoms with E-state index in [2.05, 4.69) is 4.98 Å². The Bertz CT molecular complexity index is 611. The molecule has 1 aromatic carbocycles. The summed E-state index contributed by atoms with van der Waals surface area (Å²) >= 11 is 1.47. The minimum Gasteiger partial charge on any atom is -0.375 e. The molecule has 1 aromatic heterocycles. The summed E-state index contributed by atoms with van der Waals surface area (Å²) in [5, 5.41) is 2.63. The number of benzene rings is 1. The van der Waals surface area contributed by atoms with Crippen molar-refractivity contribution < 1.29 is 4.79 Å². The summed E-state index contributed by atoms with van der Waals surface area (Å²) < 4.78 is 0. The second-order valence-corrected chi connectivity index (χ2v) is 6.34. The van der Waals surface area contributed by atoms with Crippen LogP contribution in [0, 0.1) is 0 Å². The van der Waals surface area contributed by atoms with Gasteiger partial charge in [-0.05, 0) is 18.4 Å². The Morgan fingerprint density at radius 1 is 1.38 bits per heavy atom. The fourth-order valence-electron chi connectivity index (χ4n) is 2.82. The van der Waals surface area contributed by atoms with E-state index in [1.807, 2.05) is 40.6 Å². The second-order valence-electron chi connectivity index (χ2n) is 5.45. The number of anilines is 1. The van der Waals surface area contributed by atoms with Crippen molar-refractivity contribution in [3.63, 3.8) is 0 Å². The molecule has 0 saturated carbocycles. The lowest BCUT2D eigenvalue weighted by molar-refractivity contribution is -0.131. The van der Waals surface area contributed by atoms with Crippen LogP contribution in [0.15, 0.2) is 35.7 Å². The number of thiazole rings is 1. The van der Waals surface area contributed by atoms with Gasteiger partial charge in [0.1, 0.15) is 0 Å². The van der Waals surface area contributed by atoms with Crippen LogP contribution in [0.1, 0.15) is 30.0 Å². The molecule has 110 valence electrons. The molecule has 5 heteroatoms. The summed E-state index contributed by atoms with van der Waals surface area (Å²) in [7, 11) is 0. The predicted octanol–water partition coefficient (Wildman–Crippen LogP) is 2.67. The third-order valence-electron chi connectivity index (χ3n) is 3.93. The Kier molecular flexibility index (Phi) is 4.20. The lowest BCUT2D eigenvalue weighted by Gasteiger charge is -2.32. The van der Waals surface area contributed by atoms with Crippen LogP contribution in [-0.2, 0) is 11.2 Å². The molecule has 1 aliphatic rings. The van der Waals surface area contributed by atoms with Gasteiger partial charge in [0.15, 0.2) is 5.13 Å². The molecule has 0 spiro atoms. The molecule has 1 amide bonds. The zero-order valence-corrected chi connectivity index (χ0v) is 12.7. The lowest BCUT2D eigenvalue weighted by Crippen LogP contribution is -2.40. The molecule has 21 heavy (non-hydrogen) atoms. The summed E-state index contributed by atoms with van der Waals surface area (Å²) in [6, 6.07) is 9.91. The SMILES string of the molecule is Nc1nc([C@@H]2CCCN(C(=O)Cc3ccccc3)C2)cs1.